The Morgan fingerprint density at radius 2 is 1.90 bits per heavy atom. The third-order valence-electron chi connectivity index (χ3n) is 4.69. The van der Waals surface area contributed by atoms with Crippen LogP contribution in [0.5, 0.6) is 5.75 Å². The summed E-state index contributed by atoms with van der Waals surface area (Å²) in [5.74, 6) is -0.598. The first kappa shape index (κ1) is 19.0. The van der Waals surface area contributed by atoms with Gasteiger partial charge in [-0.15, -0.1) is 0 Å². The molecule has 3 aromatic carbocycles. The van der Waals surface area contributed by atoms with Crippen LogP contribution in [0.4, 0.5) is 5.69 Å². The zero-order chi connectivity index (χ0) is 21.1. The summed E-state index contributed by atoms with van der Waals surface area (Å²) in [6.07, 6.45) is 2.71. The molecular weight excluding hydrogens is 384 g/mol. The molecule has 0 aliphatic carbocycles. The van der Waals surface area contributed by atoms with Gasteiger partial charge in [0.25, 0.3) is 5.69 Å². The van der Waals surface area contributed by atoms with Gasteiger partial charge in [0, 0.05) is 17.8 Å². The quantitative estimate of drug-likeness (QED) is 0.301. The lowest BCUT2D eigenvalue weighted by Gasteiger charge is -2.06. The number of aromatic hydroxyl groups is 1. The number of phenolic OH excluding ortho intramolecular Hbond substituents is 1. The number of nitrogens with zero attached hydrogens (tertiary/aromatic N) is 3. The molecule has 4 aromatic rings. The zero-order valence-electron chi connectivity index (χ0n) is 15.6. The van der Waals surface area contributed by atoms with Gasteiger partial charge in [0.1, 0.15) is 5.52 Å². The highest BCUT2D eigenvalue weighted by Crippen LogP contribution is 2.33. The summed E-state index contributed by atoms with van der Waals surface area (Å²) < 4.78 is 0. The van der Waals surface area contributed by atoms with E-state index < -0.39 is 4.92 Å². The summed E-state index contributed by atoms with van der Waals surface area (Å²) in [4.78, 5) is 27.1. The number of phenols is 1. The molecule has 1 amide bonds. The van der Waals surface area contributed by atoms with Crippen LogP contribution >= 0.6 is 0 Å². The number of amides is 1. The first-order valence-corrected chi connectivity index (χ1v) is 9.08. The van der Waals surface area contributed by atoms with E-state index in [-0.39, 0.29) is 40.2 Å². The highest BCUT2D eigenvalue weighted by Gasteiger charge is 2.18. The van der Waals surface area contributed by atoms with E-state index in [2.05, 4.69) is 15.5 Å². The van der Waals surface area contributed by atoms with Crippen LogP contribution in [0.3, 0.4) is 0 Å². The summed E-state index contributed by atoms with van der Waals surface area (Å²) in [6, 6.07) is 17.7. The second-order valence-electron chi connectivity index (χ2n) is 6.60. The van der Waals surface area contributed by atoms with Gasteiger partial charge in [-0.3, -0.25) is 19.9 Å². The van der Waals surface area contributed by atoms with Crippen LogP contribution in [0.15, 0.2) is 72.0 Å². The number of nitro benzene ring substituents is 1. The van der Waals surface area contributed by atoms with E-state index >= 15 is 0 Å². The number of carbonyl (C=O) groups excluding carboxylic acids is 1. The largest absolute Gasteiger partial charge is 0.505 e. The average Bonchev–Trinajstić information content (AvgIpc) is 2.75. The number of hydrogen-bond donors (Lipinski definition) is 2. The fraction of sp³-hybridized carbons (Fsp3) is 0.0455. The lowest BCUT2D eigenvalue weighted by atomic mass is 10.0. The molecule has 0 fully saturated rings. The second kappa shape index (κ2) is 7.96. The van der Waals surface area contributed by atoms with Crippen molar-refractivity contribution in [3.63, 3.8) is 0 Å². The lowest BCUT2D eigenvalue weighted by molar-refractivity contribution is -0.383. The van der Waals surface area contributed by atoms with Gasteiger partial charge >= 0.3 is 0 Å². The van der Waals surface area contributed by atoms with Crippen molar-refractivity contribution < 1.29 is 14.8 Å². The van der Waals surface area contributed by atoms with Crippen molar-refractivity contribution >= 4 is 39.5 Å². The van der Waals surface area contributed by atoms with Crippen molar-refractivity contribution in [2.24, 2.45) is 5.10 Å². The summed E-state index contributed by atoms with van der Waals surface area (Å²) >= 11 is 0. The average molecular weight is 400 g/mol. The Balaban J connectivity index is 1.56. The monoisotopic (exact) mass is 400 g/mol. The number of nitrogens with one attached hydrogen (secondary N) is 1. The molecule has 1 heterocycles. The molecule has 148 valence electrons. The van der Waals surface area contributed by atoms with E-state index in [0.717, 1.165) is 22.6 Å². The van der Waals surface area contributed by atoms with E-state index in [9.17, 15) is 20.0 Å². The van der Waals surface area contributed by atoms with Gasteiger partial charge in [-0.1, -0.05) is 42.5 Å². The summed E-state index contributed by atoms with van der Waals surface area (Å²) in [7, 11) is 0. The number of pyridine rings is 1. The molecule has 0 radical (unpaired) electrons. The smallest absolute Gasteiger partial charge is 0.279 e. The minimum Gasteiger partial charge on any atom is -0.505 e. The maximum Gasteiger partial charge on any atom is 0.279 e. The molecule has 0 atom stereocenters. The Hall–Kier alpha value is -4.33. The van der Waals surface area contributed by atoms with Crippen LogP contribution < -0.4 is 5.43 Å². The number of rotatable bonds is 5. The van der Waals surface area contributed by atoms with Gasteiger partial charge in [-0.2, -0.15) is 5.10 Å². The molecule has 0 saturated heterocycles. The van der Waals surface area contributed by atoms with E-state index in [1.54, 1.807) is 6.07 Å². The van der Waals surface area contributed by atoms with Gasteiger partial charge in [0.15, 0.2) is 5.75 Å². The zero-order valence-corrected chi connectivity index (χ0v) is 15.6. The number of benzene rings is 3. The Bertz CT molecular complexity index is 1310. The number of hydrogen-bond acceptors (Lipinski definition) is 6. The molecule has 1 aromatic heterocycles. The summed E-state index contributed by atoms with van der Waals surface area (Å²) in [5.41, 5.74) is 3.22. The van der Waals surface area contributed by atoms with E-state index in [1.807, 2.05) is 42.5 Å². The molecule has 8 heteroatoms. The number of aromatic nitrogens is 1. The molecule has 0 unspecified atom stereocenters. The Morgan fingerprint density at radius 1 is 1.13 bits per heavy atom. The molecule has 0 spiro atoms. The first-order valence-electron chi connectivity index (χ1n) is 9.08. The maximum absolute atomic E-state index is 12.3. The van der Waals surface area contributed by atoms with Gasteiger partial charge in [0.05, 0.1) is 22.9 Å². The van der Waals surface area contributed by atoms with Gasteiger partial charge in [-0.25, -0.2) is 5.43 Å². The fourth-order valence-corrected chi connectivity index (χ4v) is 3.31. The lowest BCUT2D eigenvalue weighted by Crippen LogP contribution is -2.19. The second-order valence-corrected chi connectivity index (χ2v) is 6.60. The van der Waals surface area contributed by atoms with Crippen LogP contribution in [0.1, 0.15) is 11.1 Å². The highest BCUT2D eigenvalue weighted by atomic mass is 16.6. The molecular formula is C22H16N4O4. The molecule has 8 nitrogen and oxygen atoms in total. The predicted molar refractivity (Wildman–Crippen MR) is 113 cm³/mol. The van der Waals surface area contributed by atoms with Crippen molar-refractivity contribution in [2.45, 2.75) is 6.42 Å². The van der Waals surface area contributed by atoms with Crippen LogP contribution in [0.25, 0.3) is 21.7 Å². The third kappa shape index (κ3) is 3.66. The van der Waals surface area contributed by atoms with Crippen molar-refractivity contribution in [3.05, 3.63) is 88.1 Å². The van der Waals surface area contributed by atoms with Crippen LogP contribution in [0.2, 0.25) is 0 Å². The van der Waals surface area contributed by atoms with Crippen molar-refractivity contribution in [3.8, 4) is 5.75 Å². The van der Waals surface area contributed by atoms with Crippen LogP contribution in [-0.4, -0.2) is 27.1 Å². The molecule has 0 saturated carbocycles. The Kier molecular flexibility index (Phi) is 5.04. The third-order valence-corrected chi connectivity index (χ3v) is 4.69. The Morgan fingerprint density at radius 3 is 2.73 bits per heavy atom. The number of carbonyl (C=O) groups is 1. The number of non-ortho nitro benzene ring substituents is 1. The van der Waals surface area contributed by atoms with Gasteiger partial charge in [0.2, 0.25) is 5.91 Å². The minimum atomic E-state index is -0.556. The topological polar surface area (TPSA) is 118 Å². The summed E-state index contributed by atoms with van der Waals surface area (Å²) in [6.45, 7) is 0. The van der Waals surface area contributed by atoms with Gasteiger partial charge < -0.3 is 5.11 Å². The van der Waals surface area contributed by atoms with Crippen molar-refractivity contribution in [1.82, 2.24) is 10.4 Å². The molecule has 0 bridgehead atoms. The van der Waals surface area contributed by atoms with E-state index in [0.29, 0.717) is 0 Å². The van der Waals surface area contributed by atoms with Crippen LogP contribution in [-0.2, 0) is 11.2 Å². The van der Waals surface area contributed by atoms with Crippen molar-refractivity contribution in [2.75, 3.05) is 0 Å². The summed E-state index contributed by atoms with van der Waals surface area (Å²) in [5, 5.41) is 27.8. The van der Waals surface area contributed by atoms with E-state index in [4.69, 9.17) is 0 Å². The molecule has 0 aliphatic rings. The van der Waals surface area contributed by atoms with E-state index in [1.165, 1.54) is 18.3 Å². The molecule has 4 rings (SSSR count). The minimum absolute atomic E-state index is 0.0818. The first-order chi connectivity index (χ1) is 14.5. The normalized spacial score (nSPS) is 11.2. The number of fused-ring (bicyclic) bond motifs is 2. The predicted octanol–water partition coefficient (Wildman–Crippen LogP) is 3.69. The molecule has 30 heavy (non-hydrogen) atoms. The Labute approximate surface area is 170 Å². The molecule has 0 aliphatic heterocycles. The SMILES string of the molecule is O=C(Cc1cccc2ccccc12)N/N=C\c1cc([N+](=O)[O-])c2cccnc2c1O. The van der Waals surface area contributed by atoms with Gasteiger partial charge in [-0.05, 0) is 28.5 Å². The van der Waals surface area contributed by atoms with Crippen LogP contribution in [0, 0.1) is 10.1 Å². The van der Waals surface area contributed by atoms with Crippen molar-refractivity contribution in [1.29, 1.82) is 0 Å². The molecule has 2 N–H and O–H groups in total. The maximum atomic E-state index is 12.3. The number of hydrazone groups is 1. The highest BCUT2D eigenvalue weighted by molar-refractivity contribution is 6.00. The standard InChI is InChI=1S/C22H16N4O4/c27-20(12-15-7-3-6-14-5-1-2-8-17(14)15)25-24-13-16-11-19(26(29)30)18-9-4-10-23-21(18)22(16)28/h1-11,13,28H,12H2,(H,25,27)/b24-13-. The number of nitro groups is 1. The fourth-order valence-electron chi connectivity index (χ4n) is 3.31.